The Kier molecular flexibility index (Phi) is 11.5. The number of aromatic nitrogens is 2. The first kappa shape index (κ1) is 26.2. The lowest BCUT2D eigenvalue weighted by atomic mass is 9.85. The van der Waals surface area contributed by atoms with Crippen LogP contribution in [0.2, 0.25) is 0 Å². The zero-order chi connectivity index (χ0) is 17.8. The molecule has 29 heavy (non-hydrogen) atoms. The summed E-state index contributed by atoms with van der Waals surface area (Å²) < 4.78 is 0. The third-order valence-corrected chi connectivity index (χ3v) is 6.11. The van der Waals surface area contributed by atoms with Crippen LogP contribution in [0.3, 0.4) is 0 Å². The van der Waals surface area contributed by atoms with E-state index < -0.39 is 0 Å². The molecule has 1 amide bonds. The van der Waals surface area contributed by atoms with Crippen LogP contribution in [0.4, 0.5) is 5.95 Å². The second-order valence-corrected chi connectivity index (χ2v) is 7.77. The Bertz CT molecular complexity index is 589. The van der Waals surface area contributed by atoms with E-state index in [0.29, 0.717) is 12.0 Å². The van der Waals surface area contributed by atoms with Crippen molar-refractivity contribution in [1.82, 2.24) is 25.5 Å². The molecule has 3 aliphatic rings. The van der Waals surface area contributed by atoms with Crippen LogP contribution in [0, 0.1) is 5.92 Å². The molecule has 3 unspecified atom stereocenters. The Morgan fingerprint density at radius 2 is 1.76 bits per heavy atom. The Morgan fingerprint density at radius 1 is 1.07 bits per heavy atom. The van der Waals surface area contributed by atoms with Gasteiger partial charge in [0.25, 0.3) is 0 Å². The molecule has 1 aromatic rings. The standard InChI is InChI=1S/C19H30N6O.3ClH/c26-18(17-14-15-4-1-2-5-16(15)23-17)20-8-9-24-10-12-25(13-11-24)19-21-6-3-7-22-19;;;/h3,6-7,15-17,23H,1-2,4-5,8-14H2,(H,20,26);3*1H. The van der Waals surface area contributed by atoms with Gasteiger partial charge in [0, 0.05) is 57.7 Å². The van der Waals surface area contributed by atoms with E-state index in [1.807, 2.05) is 6.07 Å². The van der Waals surface area contributed by atoms with Crippen molar-refractivity contribution in [3.63, 3.8) is 0 Å². The summed E-state index contributed by atoms with van der Waals surface area (Å²) in [7, 11) is 0. The van der Waals surface area contributed by atoms with Crippen LogP contribution in [-0.4, -0.2) is 72.1 Å². The molecule has 2 aliphatic heterocycles. The molecule has 0 bridgehead atoms. The van der Waals surface area contributed by atoms with Gasteiger partial charge in [-0.25, -0.2) is 9.97 Å². The van der Waals surface area contributed by atoms with Gasteiger partial charge in [0.05, 0.1) is 6.04 Å². The predicted molar refractivity (Wildman–Crippen MR) is 123 cm³/mol. The minimum atomic E-state index is 0. The molecule has 0 spiro atoms. The molecule has 1 aromatic heterocycles. The fraction of sp³-hybridized carbons (Fsp3) is 0.737. The first-order chi connectivity index (χ1) is 12.8. The summed E-state index contributed by atoms with van der Waals surface area (Å²) in [5.74, 6) is 1.72. The summed E-state index contributed by atoms with van der Waals surface area (Å²) in [5, 5.41) is 6.70. The van der Waals surface area contributed by atoms with Gasteiger partial charge in [-0.3, -0.25) is 9.69 Å². The third-order valence-electron chi connectivity index (χ3n) is 6.11. The van der Waals surface area contributed by atoms with Crippen molar-refractivity contribution in [2.75, 3.05) is 44.2 Å². The van der Waals surface area contributed by atoms with Crippen LogP contribution in [0.15, 0.2) is 18.5 Å². The Morgan fingerprint density at radius 3 is 2.45 bits per heavy atom. The predicted octanol–water partition coefficient (Wildman–Crippen LogP) is 1.90. The van der Waals surface area contributed by atoms with E-state index in [1.165, 1.54) is 25.7 Å². The van der Waals surface area contributed by atoms with Crippen molar-refractivity contribution in [2.24, 2.45) is 5.92 Å². The number of halogens is 3. The Labute approximate surface area is 192 Å². The SMILES string of the molecule is Cl.Cl.Cl.O=C(NCCN1CCN(c2ncccn2)CC1)C1CC2CCCCC2N1. The summed E-state index contributed by atoms with van der Waals surface area (Å²) in [4.78, 5) is 25.7. The van der Waals surface area contributed by atoms with Crippen molar-refractivity contribution in [1.29, 1.82) is 0 Å². The van der Waals surface area contributed by atoms with Crippen LogP contribution in [0.5, 0.6) is 0 Å². The molecule has 2 saturated heterocycles. The van der Waals surface area contributed by atoms with Gasteiger partial charge >= 0.3 is 0 Å². The maximum absolute atomic E-state index is 12.5. The zero-order valence-electron chi connectivity index (χ0n) is 16.7. The van der Waals surface area contributed by atoms with Gasteiger partial charge in [0.15, 0.2) is 0 Å². The van der Waals surface area contributed by atoms with E-state index in [1.54, 1.807) is 12.4 Å². The largest absolute Gasteiger partial charge is 0.353 e. The van der Waals surface area contributed by atoms with Crippen molar-refractivity contribution in [2.45, 2.75) is 44.2 Å². The van der Waals surface area contributed by atoms with E-state index in [9.17, 15) is 4.79 Å². The summed E-state index contributed by atoms with van der Waals surface area (Å²) in [6.45, 7) is 5.49. The van der Waals surface area contributed by atoms with Crippen molar-refractivity contribution in [3.8, 4) is 0 Å². The molecule has 4 rings (SSSR count). The number of hydrogen-bond acceptors (Lipinski definition) is 6. The summed E-state index contributed by atoms with van der Waals surface area (Å²) in [6, 6.07) is 2.44. The molecule has 3 atom stereocenters. The number of anilines is 1. The Balaban J connectivity index is 0.00000140. The maximum Gasteiger partial charge on any atom is 0.237 e. The number of nitrogens with zero attached hydrogens (tertiary/aromatic N) is 4. The molecule has 1 aliphatic carbocycles. The normalized spacial score (nSPS) is 26.3. The maximum atomic E-state index is 12.5. The molecule has 0 aromatic carbocycles. The first-order valence-electron chi connectivity index (χ1n) is 10.1. The number of carbonyl (C=O) groups is 1. The lowest BCUT2D eigenvalue weighted by Crippen LogP contribution is -2.50. The average molecular weight is 468 g/mol. The van der Waals surface area contributed by atoms with E-state index in [0.717, 1.165) is 51.6 Å². The topological polar surface area (TPSA) is 73.4 Å². The van der Waals surface area contributed by atoms with Gasteiger partial charge in [-0.2, -0.15) is 0 Å². The van der Waals surface area contributed by atoms with E-state index in [-0.39, 0.29) is 49.2 Å². The number of amides is 1. The smallest absolute Gasteiger partial charge is 0.237 e. The Hall–Kier alpha value is -0.860. The van der Waals surface area contributed by atoms with Gasteiger partial charge in [-0.1, -0.05) is 12.8 Å². The van der Waals surface area contributed by atoms with Crippen molar-refractivity contribution in [3.05, 3.63) is 18.5 Å². The lowest BCUT2D eigenvalue weighted by Gasteiger charge is -2.34. The molecule has 3 fully saturated rings. The second-order valence-electron chi connectivity index (χ2n) is 7.77. The van der Waals surface area contributed by atoms with Crippen molar-refractivity contribution >= 4 is 49.1 Å². The molecule has 7 nitrogen and oxygen atoms in total. The van der Waals surface area contributed by atoms with Crippen LogP contribution >= 0.6 is 37.2 Å². The summed E-state index contributed by atoms with van der Waals surface area (Å²) in [6.07, 6.45) is 9.77. The lowest BCUT2D eigenvalue weighted by molar-refractivity contribution is -0.122. The minimum absolute atomic E-state index is 0. The first-order valence-corrected chi connectivity index (χ1v) is 10.1. The molecule has 2 N–H and O–H groups in total. The number of piperazine rings is 1. The van der Waals surface area contributed by atoms with Gasteiger partial charge in [-0.15, -0.1) is 37.2 Å². The third kappa shape index (κ3) is 6.82. The van der Waals surface area contributed by atoms with Crippen LogP contribution < -0.4 is 15.5 Å². The summed E-state index contributed by atoms with van der Waals surface area (Å²) in [5.41, 5.74) is 0. The number of nitrogens with one attached hydrogen (secondary N) is 2. The number of rotatable bonds is 5. The van der Waals surface area contributed by atoms with Crippen LogP contribution in [0.1, 0.15) is 32.1 Å². The highest BCUT2D eigenvalue weighted by Crippen LogP contribution is 2.33. The van der Waals surface area contributed by atoms with Gasteiger partial charge in [0.2, 0.25) is 11.9 Å². The molecular weight excluding hydrogens is 435 g/mol. The molecular formula is C19H33Cl3N6O. The molecule has 0 radical (unpaired) electrons. The fourth-order valence-corrected chi connectivity index (χ4v) is 4.61. The van der Waals surface area contributed by atoms with Crippen molar-refractivity contribution < 1.29 is 4.79 Å². The molecule has 1 saturated carbocycles. The average Bonchev–Trinajstić information content (AvgIpc) is 3.13. The van der Waals surface area contributed by atoms with E-state index in [2.05, 4.69) is 30.4 Å². The quantitative estimate of drug-likeness (QED) is 0.689. The van der Waals surface area contributed by atoms with E-state index >= 15 is 0 Å². The van der Waals surface area contributed by atoms with Gasteiger partial charge < -0.3 is 15.5 Å². The molecule has 10 heteroatoms. The second kappa shape index (κ2) is 12.7. The van der Waals surface area contributed by atoms with Gasteiger partial charge in [0.1, 0.15) is 0 Å². The molecule has 166 valence electrons. The molecule has 3 heterocycles. The van der Waals surface area contributed by atoms with Gasteiger partial charge in [-0.05, 0) is 31.2 Å². The number of hydrogen-bond donors (Lipinski definition) is 2. The fourth-order valence-electron chi connectivity index (χ4n) is 4.61. The highest BCUT2D eigenvalue weighted by molar-refractivity contribution is 5.86. The van der Waals surface area contributed by atoms with Crippen LogP contribution in [0.25, 0.3) is 0 Å². The zero-order valence-corrected chi connectivity index (χ0v) is 19.1. The highest BCUT2D eigenvalue weighted by atomic mass is 35.5. The summed E-state index contributed by atoms with van der Waals surface area (Å²) >= 11 is 0. The van der Waals surface area contributed by atoms with E-state index in [4.69, 9.17) is 0 Å². The minimum Gasteiger partial charge on any atom is -0.353 e. The number of fused-ring (bicyclic) bond motifs is 1. The highest BCUT2D eigenvalue weighted by Gasteiger charge is 2.38. The monoisotopic (exact) mass is 466 g/mol. The number of carbonyl (C=O) groups excluding carboxylic acids is 1. The van der Waals surface area contributed by atoms with Crippen LogP contribution in [-0.2, 0) is 4.79 Å².